The van der Waals surface area contributed by atoms with Gasteiger partial charge in [-0.3, -0.25) is 4.79 Å². The molecule has 0 unspecified atom stereocenters. The Kier molecular flexibility index (Phi) is 2.69. The SMILES string of the molecule is CC(C)c1cocc1C(C)(C)C(=O)O. The molecule has 0 aliphatic heterocycles. The highest BCUT2D eigenvalue weighted by Gasteiger charge is 2.33. The Balaban J connectivity index is 3.18. The van der Waals surface area contributed by atoms with Crippen LogP contribution in [0.2, 0.25) is 0 Å². The van der Waals surface area contributed by atoms with Crippen molar-refractivity contribution in [3.63, 3.8) is 0 Å². The molecule has 0 aliphatic rings. The minimum absolute atomic E-state index is 0.280. The fourth-order valence-corrected chi connectivity index (χ4v) is 1.38. The summed E-state index contributed by atoms with van der Waals surface area (Å²) in [6.07, 6.45) is 3.16. The summed E-state index contributed by atoms with van der Waals surface area (Å²) in [5.74, 6) is -0.553. The molecule has 1 N–H and O–H groups in total. The van der Waals surface area contributed by atoms with Crippen LogP contribution in [0.5, 0.6) is 0 Å². The molecule has 0 aromatic carbocycles. The molecule has 0 spiro atoms. The average molecular weight is 196 g/mol. The third-order valence-corrected chi connectivity index (χ3v) is 2.52. The molecule has 0 amide bonds. The van der Waals surface area contributed by atoms with E-state index in [4.69, 9.17) is 9.52 Å². The molecular formula is C11H16O3. The summed E-state index contributed by atoms with van der Waals surface area (Å²) in [6, 6.07) is 0. The van der Waals surface area contributed by atoms with Crippen LogP contribution in [0.25, 0.3) is 0 Å². The molecule has 0 aliphatic carbocycles. The van der Waals surface area contributed by atoms with Gasteiger partial charge in [-0.15, -0.1) is 0 Å². The molecule has 3 nitrogen and oxygen atoms in total. The van der Waals surface area contributed by atoms with E-state index in [1.54, 1.807) is 20.1 Å². The van der Waals surface area contributed by atoms with Crippen molar-refractivity contribution in [2.75, 3.05) is 0 Å². The van der Waals surface area contributed by atoms with Crippen molar-refractivity contribution in [2.45, 2.75) is 39.0 Å². The number of rotatable bonds is 3. The first kappa shape index (κ1) is 10.8. The van der Waals surface area contributed by atoms with Gasteiger partial charge in [0.2, 0.25) is 0 Å². The molecule has 0 saturated heterocycles. The fourth-order valence-electron chi connectivity index (χ4n) is 1.38. The van der Waals surface area contributed by atoms with E-state index >= 15 is 0 Å². The number of carbonyl (C=O) groups is 1. The highest BCUT2D eigenvalue weighted by molar-refractivity contribution is 5.80. The normalized spacial score (nSPS) is 12.1. The second kappa shape index (κ2) is 3.48. The molecule has 0 saturated carbocycles. The van der Waals surface area contributed by atoms with Crippen molar-refractivity contribution in [1.82, 2.24) is 0 Å². The third-order valence-electron chi connectivity index (χ3n) is 2.52. The minimum atomic E-state index is -0.882. The zero-order chi connectivity index (χ0) is 10.9. The van der Waals surface area contributed by atoms with Gasteiger partial charge in [-0.2, -0.15) is 0 Å². The number of hydrogen-bond acceptors (Lipinski definition) is 2. The Hall–Kier alpha value is -1.25. The zero-order valence-corrected chi connectivity index (χ0v) is 9.00. The lowest BCUT2D eigenvalue weighted by molar-refractivity contribution is -0.142. The summed E-state index contributed by atoms with van der Waals surface area (Å²) in [5, 5.41) is 9.08. The maximum Gasteiger partial charge on any atom is 0.313 e. The van der Waals surface area contributed by atoms with Crippen LogP contribution in [0.1, 0.15) is 44.7 Å². The Labute approximate surface area is 83.7 Å². The number of carboxylic acid groups (broad SMARTS) is 1. The van der Waals surface area contributed by atoms with Gasteiger partial charge in [-0.05, 0) is 25.3 Å². The molecule has 0 bridgehead atoms. The second-order valence-corrected chi connectivity index (χ2v) is 4.33. The van der Waals surface area contributed by atoms with Crippen molar-refractivity contribution in [3.05, 3.63) is 23.7 Å². The monoisotopic (exact) mass is 196 g/mol. The number of aliphatic carboxylic acids is 1. The van der Waals surface area contributed by atoms with Crippen LogP contribution in [0.15, 0.2) is 16.9 Å². The van der Waals surface area contributed by atoms with Crippen molar-refractivity contribution in [3.8, 4) is 0 Å². The summed E-state index contributed by atoms with van der Waals surface area (Å²) < 4.78 is 5.08. The van der Waals surface area contributed by atoms with E-state index in [2.05, 4.69) is 0 Å². The highest BCUT2D eigenvalue weighted by atomic mass is 16.4. The van der Waals surface area contributed by atoms with Gasteiger partial charge in [-0.25, -0.2) is 0 Å². The summed E-state index contributed by atoms with van der Waals surface area (Å²) in [6.45, 7) is 7.41. The van der Waals surface area contributed by atoms with E-state index in [1.807, 2.05) is 13.8 Å². The maximum atomic E-state index is 11.1. The summed E-state index contributed by atoms with van der Waals surface area (Å²) in [7, 11) is 0. The van der Waals surface area contributed by atoms with Crippen LogP contribution in [0, 0.1) is 0 Å². The minimum Gasteiger partial charge on any atom is -0.481 e. The lowest BCUT2D eigenvalue weighted by atomic mass is 9.82. The van der Waals surface area contributed by atoms with E-state index in [0.29, 0.717) is 0 Å². The predicted octanol–water partition coefficient (Wildman–Crippen LogP) is 2.77. The van der Waals surface area contributed by atoms with Gasteiger partial charge in [-0.1, -0.05) is 13.8 Å². The van der Waals surface area contributed by atoms with Crippen molar-refractivity contribution < 1.29 is 14.3 Å². The van der Waals surface area contributed by atoms with Crippen molar-refractivity contribution in [2.24, 2.45) is 0 Å². The van der Waals surface area contributed by atoms with Crippen LogP contribution in [-0.4, -0.2) is 11.1 Å². The molecule has 0 atom stereocenters. The first-order valence-corrected chi connectivity index (χ1v) is 4.67. The molecule has 0 fully saturated rings. The van der Waals surface area contributed by atoms with Gasteiger partial charge < -0.3 is 9.52 Å². The molecule has 1 heterocycles. The molecule has 0 radical (unpaired) electrons. The topological polar surface area (TPSA) is 50.4 Å². The summed E-state index contributed by atoms with van der Waals surface area (Å²) >= 11 is 0. The lowest BCUT2D eigenvalue weighted by Gasteiger charge is -2.20. The molecule has 1 aromatic heterocycles. The summed E-state index contributed by atoms with van der Waals surface area (Å²) in [5.41, 5.74) is 0.851. The fraction of sp³-hybridized carbons (Fsp3) is 0.545. The van der Waals surface area contributed by atoms with E-state index in [9.17, 15) is 4.79 Å². The van der Waals surface area contributed by atoms with E-state index in [-0.39, 0.29) is 5.92 Å². The van der Waals surface area contributed by atoms with E-state index < -0.39 is 11.4 Å². The Morgan fingerprint density at radius 3 is 2.43 bits per heavy atom. The number of furan rings is 1. The van der Waals surface area contributed by atoms with Gasteiger partial charge in [0.1, 0.15) is 0 Å². The van der Waals surface area contributed by atoms with Crippen LogP contribution >= 0.6 is 0 Å². The molecule has 14 heavy (non-hydrogen) atoms. The largest absolute Gasteiger partial charge is 0.481 e. The summed E-state index contributed by atoms with van der Waals surface area (Å²) in [4.78, 5) is 11.1. The molecule has 1 aromatic rings. The standard InChI is InChI=1S/C11H16O3/c1-7(2)8-5-14-6-9(8)11(3,4)10(12)13/h5-7H,1-4H3,(H,12,13). The van der Waals surface area contributed by atoms with Crippen LogP contribution in [0.3, 0.4) is 0 Å². The van der Waals surface area contributed by atoms with Gasteiger partial charge in [0.15, 0.2) is 0 Å². The first-order valence-electron chi connectivity index (χ1n) is 4.67. The van der Waals surface area contributed by atoms with Crippen molar-refractivity contribution in [1.29, 1.82) is 0 Å². The third kappa shape index (κ3) is 1.67. The maximum absolute atomic E-state index is 11.1. The Morgan fingerprint density at radius 1 is 1.43 bits per heavy atom. The van der Waals surface area contributed by atoms with Crippen LogP contribution < -0.4 is 0 Å². The first-order chi connectivity index (χ1) is 6.37. The predicted molar refractivity (Wildman–Crippen MR) is 53.5 cm³/mol. The van der Waals surface area contributed by atoms with Crippen molar-refractivity contribution >= 4 is 5.97 Å². The number of hydrogen-bond donors (Lipinski definition) is 1. The Bertz CT molecular complexity index is 334. The quantitative estimate of drug-likeness (QED) is 0.808. The molecular weight excluding hydrogens is 180 g/mol. The van der Waals surface area contributed by atoms with E-state index in [1.165, 1.54) is 6.26 Å². The smallest absolute Gasteiger partial charge is 0.313 e. The molecule has 78 valence electrons. The Morgan fingerprint density at radius 2 is 2.00 bits per heavy atom. The average Bonchev–Trinajstić information content (AvgIpc) is 2.51. The van der Waals surface area contributed by atoms with Gasteiger partial charge in [0.25, 0.3) is 0 Å². The van der Waals surface area contributed by atoms with Gasteiger partial charge >= 0.3 is 5.97 Å². The van der Waals surface area contributed by atoms with Gasteiger partial charge in [0, 0.05) is 5.56 Å². The molecule has 1 rings (SSSR count). The number of carboxylic acids is 1. The second-order valence-electron chi connectivity index (χ2n) is 4.33. The van der Waals surface area contributed by atoms with E-state index in [0.717, 1.165) is 11.1 Å². The molecule has 3 heteroatoms. The highest BCUT2D eigenvalue weighted by Crippen LogP contribution is 2.31. The zero-order valence-electron chi connectivity index (χ0n) is 9.00. The van der Waals surface area contributed by atoms with Gasteiger partial charge in [0.05, 0.1) is 17.9 Å². The van der Waals surface area contributed by atoms with Crippen LogP contribution in [-0.2, 0) is 10.2 Å². The van der Waals surface area contributed by atoms with Crippen LogP contribution in [0.4, 0.5) is 0 Å². The lowest BCUT2D eigenvalue weighted by Crippen LogP contribution is -2.29.